The first-order chi connectivity index (χ1) is 33.0. The average Bonchev–Trinajstić information content (AvgIpc) is 3.72. The molecule has 4 aliphatic carbocycles. The van der Waals surface area contributed by atoms with Crippen LogP contribution >= 0.6 is 23.2 Å². The van der Waals surface area contributed by atoms with Gasteiger partial charge in [-0.25, -0.2) is 23.3 Å². The maximum atomic E-state index is 14.8. The molecule has 4 fully saturated rings. The van der Waals surface area contributed by atoms with Gasteiger partial charge in [0, 0.05) is 52.8 Å². The maximum absolute atomic E-state index is 14.8. The van der Waals surface area contributed by atoms with Crippen LogP contribution in [0.5, 0.6) is 11.5 Å². The zero-order valence-electron chi connectivity index (χ0n) is 37.0. The van der Waals surface area contributed by atoms with Crippen LogP contribution in [0.25, 0.3) is 44.4 Å². The van der Waals surface area contributed by atoms with Crippen molar-refractivity contribution in [1.82, 2.24) is 34.0 Å². The summed E-state index contributed by atoms with van der Waals surface area (Å²) >= 11 is 12.8. The van der Waals surface area contributed by atoms with E-state index in [1.165, 1.54) is 24.3 Å². The Hall–Kier alpha value is -6.45. The molecule has 2 unspecified atom stereocenters. The fraction of sp³-hybridized carbons (Fsp3) is 0.353. The summed E-state index contributed by atoms with van der Waals surface area (Å²) in [6.07, 6.45) is 11.1. The van der Waals surface area contributed by atoms with Crippen molar-refractivity contribution in [1.29, 1.82) is 0 Å². The molecule has 12 rings (SSSR count). The Balaban J connectivity index is 0.731. The molecule has 10 atom stereocenters. The monoisotopic (exact) mass is 955 g/mol. The molecule has 17 heteroatoms. The molecule has 4 saturated carbocycles. The lowest BCUT2D eigenvalue weighted by Gasteiger charge is -2.21. The second kappa shape index (κ2) is 16.7. The van der Waals surface area contributed by atoms with Crippen LogP contribution in [0, 0.1) is 59.0 Å². The van der Waals surface area contributed by atoms with Crippen molar-refractivity contribution in [3.63, 3.8) is 0 Å². The van der Waals surface area contributed by atoms with E-state index in [9.17, 15) is 18.4 Å². The fourth-order valence-electron chi connectivity index (χ4n) is 11.9. The molecule has 2 N–H and O–H groups in total. The van der Waals surface area contributed by atoms with Crippen LogP contribution in [0.3, 0.4) is 0 Å². The van der Waals surface area contributed by atoms with Gasteiger partial charge in [-0.2, -0.15) is 4.98 Å². The topological polar surface area (TPSA) is 150 Å². The summed E-state index contributed by atoms with van der Waals surface area (Å²) in [5, 5.41) is 12.5. The molecule has 0 aliphatic heterocycles. The number of rotatable bonds is 13. The normalized spacial score (nSPS) is 24.5. The number of hydrogen-bond acceptors (Lipinski definition) is 9. The number of pyridine rings is 4. The van der Waals surface area contributed by atoms with E-state index in [1.807, 2.05) is 19.9 Å². The molecule has 0 saturated heterocycles. The number of nitrogens with one attached hydrogen (secondary N) is 2. The number of nitrogens with zero attached hydrogens (tertiary/aromatic N) is 7. The molecule has 68 heavy (non-hydrogen) atoms. The molecule has 0 radical (unpaired) electrons. The van der Waals surface area contributed by atoms with E-state index in [0.717, 1.165) is 25.7 Å². The van der Waals surface area contributed by atoms with E-state index >= 15 is 0 Å². The van der Waals surface area contributed by atoms with E-state index in [1.54, 1.807) is 70.1 Å². The van der Waals surface area contributed by atoms with Gasteiger partial charge in [0.25, 0.3) is 0 Å². The van der Waals surface area contributed by atoms with Crippen molar-refractivity contribution in [2.24, 2.45) is 47.3 Å². The van der Waals surface area contributed by atoms with Crippen LogP contribution in [0.1, 0.15) is 52.4 Å². The van der Waals surface area contributed by atoms with E-state index in [2.05, 4.69) is 25.7 Å². The van der Waals surface area contributed by atoms with Gasteiger partial charge in [0.05, 0.1) is 45.2 Å². The smallest absolute Gasteiger partial charge is 0.249 e. The molecule has 2 amide bonds. The Morgan fingerprint density at radius 3 is 2.01 bits per heavy atom. The largest absolute Gasteiger partial charge is 0.490 e. The summed E-state index contributed by atoms with van der Waals surface area (Å²) in [6.45, 7) is 4.06. The average molecular weight is 957 g/mol. The van der Waals surface area contributed by atoms with Crippen LogP contribution in [0.4, 0.5) is 20.5 Å². The van der Waals surface area contributed by atoms with E-state index in [0.29, 0.717) is 108 Å². The van der Waals surface area contributed by atoms with Crippen molar-refractivity contribution in [2.45, 2.75) is 64.6 Å². The summed E-state index contributed by atoms with van der Waals surface area (Å²) in [4.78, 5) is 46.1. The molecule has 0 bridgehead atoms. The number of hydrogen-bond donors (Lipinski definition) is 2. The van der Waals surface area contributed by atoms with Crippen molar-refractivity contribution in [3.8, 4) is 22.8 Å². The van der Waals surface area contributed by atoms with Crippen molar-refractivity contribution >= 4 is 79.9 Å². The Kier molecular flexibility index (Phi) is 10.5. The van der Waals surface area contributed by atoms with Gasteiger partial charge in [0.15, 0.2) is 11.5 Å². The molecule has 6 aromatic heterocycles. The number of halogens is 4. The number of benzene rings is 2. The highest BCUT2D eigenvalue weighted by Crippen LogP contribution is 2.63. The molecule has 8 aromatic rings. The third-order valence-electron chi connectivity index (χ3n) is 15.0. The molecule has 6 heterocycles. The zero-order chi connectivity index (χ0) is 46.5. The lowest BCUT2D eigenvalue weighted by Crippen LogP contribution is -2.27. The first-order valence-electron chi connectivity index (χ1n) is 23.3. The highest BCUT2D eigenvalue weighted by Gasteiger charge is 2.61. The standard InChI is InChI=1S/C51H45Cl2F2N9O4/c1-3-30(46-32-16-28(17-33(32)46)67-42-11-12-56-39-8-6-26(54)14-36(39)42)49(65)59-44-23-63-21-25(53)13-38(48(63)58-44)41-20-43(37-15-27(55)7-9-40(37)57-41)68-29-18-34-35(19-29)47(34)31(4-2)50(66)61-51-60-45-10-5-24(52)22-64(45)62-51/h5-15,20-23,28-35,46-47H,3-4,16-19H2,1-2H3,(H,59,65)(H,61,62,66)/t28-,29-,30?,31?,32-,33+,34-,35+,46+,47+. The predicted molar refractivity (Wildman–Crippen MR) is 254 cm³/mol. The minimum Gasteiger partial charge on any atom is -0.490 e. The predicted octanol–water partition coefficient (Wildman–Crippen LogP) is 10.9. The summed E-state index contributed by atoms with van der Waals surface area (Å²) in [5.41, 5.74) is 3.48. The Morgan fingerprint density at radius 1 is 0.706 bits per heavy atom. The Labute approximate surface area is 398 Å². The first-order valence-corrected chi connectivity index (χ1v) is 24.0. The number of amides is 2. The van der Waals surface area contributed by atoms with Crippen LogP contribution in [0.2, 0.25) is 10.0 Å². The highest BCUT2D eigenvalue weighted by molar-refractivity contribution is 6.31. The summed E-state index contributed by atoms with van der Waals surface area (Å²) in [5.74, 6) is 2.18. The minimum atomic E-state index is -0.408. The van der Waals surface area contributed by atoms with Crippen LogP contribution in [0.15, 0.2) is 91.5 Å². The van der Waals surface area contributed by atoms with Gasteiger partial charge in [-0.1, -0.05) is 37.0 Å². The minimum absolute atomic E-state index is 0.0174. The van der Waals surface area contributed by atoms with E-state index < -0.39 is 5.82 Å². The fourth-order valence-corrected chi connectivity index (χ4v) is 12.3. The van der Waals surface area contributed by atoms with E-state index in [4.69, 9.17) is 42.6 Å². The van der Waals surface area contributed by atoms with Gasteiger partial charge in [0.1, 0.15) is 28.8 Å². The SMILES string of the molecule is CCC(C(=O)Nc1cn2cc(Cl)cc(-c3cc(O[C@@H]4C[C@@H]5[C@H](C4)[C@H]5C(CC)C(=O)Nc4nc5ccc(Cl)cn5n4)c4cc(F)ccc4n3)c2n1)[C@H]1[C@@H]2C[C@@H](Oc3ccnc4ccc(F)cc34)C[C@@H]21. The summed E-state index contributed by atoms with van der Waals surface area (Å²) in [6, 6.07) is 17.8. The third-order valence-corrected chi connectivity index (χ3v) is 15.4. The lowest BCUT2D eigenvalue weighted by molar-refractivity contribution is -0.121. The lowest BCUT2D eigenvalue weighted by atomic mass is 9.93. The third kappa shape index (κ3) is 7.73. The van der Waals surface area contributed by atoms with E-state index in [-0.39, 0.29) is 59.5 Å². The number of carbonyl (C=O) groups excluding carboxylic acids is 2. The first kappa shape index (κ1) is 42.9. The van der Waals surface area contributed by atoms with Gasteiger partial charge in [0.2, 0.25) is 17.8 Å². The van der Waals surface area contributed by atoms with Gasteiger partial charge < -0.3 is 19.2 Å². The molecular formula is C51H45Cl2F2N9O4. The van der Waals surface area contributed by atoms with Crippen molar-refractivity contribution in [2.75, 3.05) is 10.6 Å². The number of imidazole rings is 1. The van der Waals surface area contributed by atoms with Gasteiger partial charge in [-0.15, -0.1) is 5.10 Å². The second-order valence-corrected chi connectivity index (χ2v) is 19.8. The number of fused-ring (bicyclic) bond motifs is 6. The zero-order valence-corrected chi connectivity index (χ0v) is 38.5. The quantitative estimate of drug-likeness (QED) is 0.115. The Bertz CT molecular complexity index is 3320. The molecule has 346 valence electrons. The molecule has 13 nitrogen and oxygen atoms in total. The highest BCUT2D eigenvalue weighted by atomic mass is 35.5. The van der Waals surface area contributed by atoms with Crippen LogP contribution in [-0.2, 0) is 9.59 Å². The Morgan fingerprint density at radius 2 is 1.34 bits per heavy atom. The molecule has 2 aromatic carbocycles. The molecular weight excluding hydrogens is 912 g/mol. The number of ether oxygens (including phenoxy) is 2. The molecule has 0 spiro atoms. The maximum Gasteiger partial charge on any atom is 0.249 e. The summed E-state index contributed by atoms with van der Waals surface area (Å²) in [7, 11) is 0. The molecule has 4 aliphatic rings. The van der Waals surface area contributed by atoms with Gasteiger partial charge in [-0.05, 0) is 135 Å². The van der Waals surface area contributed by atoms with Crippen LogP contribution in [-0.4, -0.2) is 58.0 Å². The summed E-state index contributed by atoms with van der Waals surface area (Å²) < 4.78 is 45.4. The van der Waals surface area contributed by atoms with Gasteiger partial charge >= 0.3 is 0 Å². The number of aromatic nitrogens is 7. The van der Waals surface area contributed by atoms with Crippen molar-refractivity contribution < 1.29 is 27.8 Å². The van der Waals surface area contributed by atoms with Gasteiger partial charge in [-0.3, -0.25) is 19.9 Å². The number of anilines is 2. The second-order valence-electron chi connectivity index (χ2n) is 18.9. The van der Waals surface area contributed by atoms with Crippen molar-refractivity contribution in [3.05, 3.63) is 113 Å². The van der Waals surface area contributed by atoms with Crippen LogP contribution < -0.4 is 20.1 Å². The number of carbonyl (C=O) groups is 2.